The van der Waals surface area contributed by atoms with E-state index in [0.717, 1.165) is 42.1 Å². The molecule has 0 bridgehead atoms. The first-order valence-corrected chi connectivity index (χ1v) is 12.1. The SMILES string of the molecule is CCc1nc(-c2ccc(NC(=O)Nc3cccc(NC(C)=O)c3)cc2)nc(N2CCOCC2)c1C.O=C=O. The molecule has 11 heteroatoms. The van der Waals surface area contributed by atoms with Gasteiger partial charge in [-0.05, 0) is 55.8 Å². The molecule has 4 rings (SSSR count). The van der Waals surface area contributed by atoms with E-state index in [1.54, 1.807) is 24.3 Å². The van der Waals surface area contributed by atoms with Crippen molar-refractivity contribution < 1.29 is 23.9 Å². The van der Waals surface area contributed by atoms with Gasteiger partial charge in [-0.3, -0.25) is 4.79 Å². The predicted octanol–water partition coefficient (Wildman–Crippen LogP) is 3.87. The number of carbonyl (C=O) groups excluding carboxylic acids is 4. The molecule has 1 aliphatic heterocycles. The highest BCUT2D eigenvalue weighted by molar-refractivity contribution is 6.00. The van der Waals surface area contributed by atoms with Gasteiger partial charge in [-0.25, -0.2) is 14.8 Å². The number of ether oxygens (including phenoxy) is 1. The van der Waals surface area contributed by atoms with Crippen LogP contribution in [0.4, 0.5) is 27.7 Å². The Balaban J connectivity index is 0.00000127. The number of carbonyl (C=O) groups is 2. The molecule has 11 nitrogen and oxygen atoms in total. The van der Waals surface area contributed by atoms with E-state index in [9.17, 15) is 9.59 Å². The van der Waals surface area contributed by atoms with Crippen molar-refractivity contribution in [2.75, 3.05) is 47.2 Å². The highest BCUT2D eigenvalue weighted by Gasteiger charge is 2.19. The van der Waals surface area contributed by atoms with Gasteiger partial charge in [0, 0.05) is 53.9 Å². The lowest BCUT2D eigenvalue weighted by molar-refractivity contribution is -0.191. The maximum absolute atomic E-state index is 12.5. The molecule has 0 spiro atoms. The number of nitrogens with zero attached hydrogens (tertiary/aromatic N) is 3. The standard InChI is InChI=1S/C26H30N6O3.CO2/c1-4-23-17(2)25(32-12-14-35-15-13-32)31-24(30-23)19-8-10-20(11-9-19)28-26(34)29-22-7-5-6-21(16-22)27-18(3)33;2-1-3/h5-11,16H,4,12-15H2,1-3H3,(H,27,33)(H2,28,29,34);. The summed E-state index contributed by atoms with van der Waals surface area (Å²) in [4.78, 5) is 51.9. The van der Waals surface area contributed by atoms with Crippen LogP contribution in [0.15, 0.2) is 48.5 Å². The van der Waals surface area contributed by atoms with Crippen LogP contribution in [0.3, 0.4) is 0 Å². The summed E-state index contributed by atoms with van der Waals surface area (Å²) in [6, 6.07) is 14.0. The highest BCUT2D eigenvalue weighted by atomic mass is 16.5. The van der Waals surface area contributed by atoms with Gasteiger partial charge >= 0.3 is 12.2 Å². The molecular formula is C27H30N6O5. The topological polar surface area (TPSA) is 143 Å². The molecule has 0 atom stereocenters. The van der Waals surface area contributed by atoms with Crippen molar-refractivity contribution in [2.24, 2.45) is 0 Å². The predicted molar refractivity (Wildman–Crippen MR) is 143 cm³/mol. The molecule has 38 heavy (non-hydrogen) atoms. The minimum Gasteiger partial charge on any atom is -0.378 e. The van der Waals surface area contributed by atoms with Crippen LogP contribution in [0.1, 0.15) is 25.1 Å². The Morgan fingerprint density at radius 2 is 1.55 bits per heavy atom. The van der Waals surface area contributed by atoms with Crippen LogP contribution < -0.4 is 20.9 Å². The van der Waals surface area contributed by atoms with E-state index < -0.39 is 0 Å². The smallest absolute Gasteiger partial charge is 0.373 e. The van der Waals surface area contributed by atoms with Crippen molar-refractivity contribution in [1.29, 1.82) is 0 Å². The van der Waals surface area contributed by atoms with Crippen LogP contribution in [0.5, 0.6) is 0 Å². The average Bonchev–Trinajstić information content (AvgIpc) is 2.90. The fourth-order valence-corrected chi connectivity index (χ4v) is 3.98. The van der Waals surface area contributed by atoms with Crippen molar-refractivity contribution in [3.63, 3.8) is 0 Å². The second kappa shape index (κ2) is 13.6. The van der Waals surface area contributed by atoms with Gasteiger partial charge < -0.3 is 25.6 Å². The van der Waals surface area contributed by atoms with Gasteiger partial charge in [0.2, 0.25) is 5.91 Å². The number of nitrogens with one attached hydrogen (secondary N) is 3. The van der Waals surface area contributed by atoms with Crippen molar-refractivity contribution in [3.8, 4) is 11.4 Å². The van der Waals surface area contributed by atoms with E-state index in [-0.39, 0.29) is 18.1 Å². The maximum atomic E-state index is 12.5. The molecule has 2 aromatic carbocycles. The molecule has 3 aromatic rings. The minimum atomic E-state index is -0.382. The first kappa shape index (κ1) is 28.0. The lowest BCUT2D eigenvalue weighted by Crippen LogP contribution is -2.37. The average molecular weight is 519 g/mol. The maximum Gasteiger partial charge on any atom is 0.373 e. The van der Waals surface area contributed by atoms with Crippen LogP contribution >= 0.6 is 0 Å². The van der Waals surface area contributed by atoms with Crippen molar-refractivity contribution in [3.05, 3.63) is 59.8 Å². The van der Waals surface area contributed by atoms with Crippen LogP contribution in [-0.2, 0) is 25.5 Å². The number of hydrogen-bond donors (Lipinski definition) is 3. The number of anilines is 4. The number of morpholine rings is 1. The number of amides is 3. The monoisotopic (exact) mass is 518 g/mol. The zero-order valence-electron chi connectivity index (χ0n) is 21.5. The molecule has 3 N–H and O–H groups in total. The molecule has 3 amide bonds. The van der Waals surface area contributed by atoms with Gasteiger partial charge in [-0.15, -0.1) is 0 Å². The normalized spacial score (nSPS) is 12.4. The van der Waals surface area contributed by atoms with Gasteiger partial charge in [-0.1, -0.05) is 13.0 Å². The summed E-state index contributed by atoms with van der Waals surface area (Å²) in [6.07, 6.45) is 1.07. The molecule has 1 fully saturated rings. The van der Waals surface area contributed by atoms with Gasteiger partial charge in [0.1, 0.15) is 5.82 Å². The van der Waals surface area contributed by atoms with Crippen LogP contribution in [0, 0.1) is 6.92 Å². The quantitative estimate of drug-likeness (QED) is 0.446. The number of rotatable bonds is 6. The molecule has 0 saturated carbocycles. The molecule has 1 aliphatic rings. The van der Waals surface area contributed by atoms with Gasteiger partial charge in [-0.2, -0.15) is 9.59 Å². The summed E-state index contributed by atoms with van der Waals surface area (Å²) in [5.74, 6) is 1.45. The molecule has 0 aliphatic carbocycles. The fourth-order valence-electron chi connectivity index (χ4n) is 3.98. The summed E-state index contributed by atoms with van der Waals surface area (Å²) in [6.45, 7) is 8.62. The Bertz CT molecular complexity index is 1300. The summed E-state index contributed by atoms with van der Waals surface area (Å²) in [7, 11) is 0. The van der Waals surface area contributed by atoms with Crippen molar-refractivity contribution >= 4 is 41.0 Å². The lowest BCUT2D eigenvalue weighted by Gasteiger charge is -2.29. The first-order chi connectivity index (χ1) is 18.3. The lowest BCUT2D eigenvalue weighted by atomic mass is 10.1. The zero-order chi connectivity index (χ0) is 27.5. The number of urea groups is 1. The van der Waals surface area contributed by atoms with Crippen LogP contribution in [0.2, 0.25) is 0 Å². The van der Waals surface area contributed by atoms with E-state index in [0.29, 0.717) is 36.1 Å². The molecular weight excluding hydrogens is 488 g/mol. The number of benzene rings is 2. The fraction of sp³-hybridized carbons (Fsp3) is 0.296. The Labute approximate surface area is 220 Å². The molecule has 198 valence electrons. The molecule has 1 aromatic heterocycles. The summed E-state index contributed by atoms with van der Waals surface area (Å²) >= 11 is 0. The van der Waals surface area contributed by atoms with Crippen LogP contribution in [0.25, 0.3) is 11.4 Å². The Morgan fingerprint density at radius 1 is 0.947 bits per heavy atom. The number of hydrogen-bond acceptors (Lipinski definition) is 8. The van der Waals surface area contributed by atoms with E-state index in [1.165, 1.54) is 6.92 Å². The molecule has 0 radical (unpaired) electrons. The number of aryl methyl sites for hydroxylation is 1. The Kier molecular flexibility index (Phi) is 10.0. The Hall–Kier alpha value is -4.60. The summed E-state index contributed by atoms with van der Waals surface area (Å²) < 4.78 is 5.49. The first-order valence-electron chi connectivity index (χ1n) is 12.1. The second-order valence-corrected chi connectivity index (χ2v) is 8.40. The van der Waals surface area contributed by atoms with Gasteiger partial charge in [0.15, 0.2) is 5.82 Å². The zero-order valence-corrected chi connectivity index (χ0v) is 21.5. The van der Waals surface area contributed by atoms with Gasteiger partial charge in [0.25, 0.3) is 0 Å². The third-order valence-electron chi connectivity index (χ3n) is 5.71. The van der Waals surface area contributed by atoms with Crippen molar-refractivity contribution in [1.82, 2.24) is 9.97 Å². The molecule has 0 unspecified atom stereocenters. The summed E-state index contributed by atoms with van der Waals surface area (Å²) in [5, 5.41) is 8.29. The van der Waals surface area contributed by atoms with E-state index in [1.807, 2.05) is 24.3 Å². The third-order valence-corrected chi connectivity index (χ3v) is 5.71. The largest absolute Gasteiger partial charge is 0.378 e. The minimum absolute atomic E-state index is 0.174. The second-order valence-electron chi connectivity index (χ2n) is 8.40. The van der Waals surface area contributed by atoms with Gasteiger partial charge in [0.05, 0.1) is 13.2 Å². The summed E-state index contributed by atoms with van der Waals surface area (Å²) in [5.41, 5.74) is 4.83. The third kappa shape index (κ3) is 7.70. The molecule has 2 heterocycles. The number of aromatic nitrogens is 2. The highest BCUT2D eigenvalue weighted by Crippen LogP contribution is 2.27. The Morgan fingerprint density at radius 3 is 2.16 bits per heavy atom. The van der Waals surface area contributed by atoms with E-state index >= 15 is 0 Å². The van der Waals surface area contributed by atoms with Crippen molar-refractivity contribution in [2.45, 2.75) is 27.2 Å². The van der Waals surface area contributed by atoms with Crippen LogP contribution in [-0.4, -0.2) is 54.4 Å². The van der Waals surface area contributed by atoms with E-state index in [2.05, 4.69) is 34.7 Å². The molecule has 1 saturated heterocycles. The van der Waals surface area contributed by atoms with E-state index in [4.69, 9.17) is 24.3 Å².